The van der Waals surface area contributed by atoms with Crippen LogP contribution in [0, 0.1) is 12.3 Å². The molecule has 0 aliphatic rings. The highest BCUT2D eigenvalue weighted by Gasteiger charge is 2.12. The maximum absolute atomic E-state index is 10.7. The van der Waals surface area contributed by atoms with Crippen molar-refractivity contribution >= 4 is 17.5 Å². The molecule has 20 heavy (non-hydrogen) atoms. The van der Waals surface area contributed by atoms with Gasteiger partial charge in [0.2, 0.25) is 0 Å². The Morgan fingerprint density at radius 2 is 2.30 bits per heavy atom. The minimum absolute atomic E-state index is 0.254. The molecule has 1 aromatic carbocycles. The summed E-state index contributed by atoms with van der Waals surface area (Å²) in [6.07, 6.45) is 5.83. The van der Waals surface area contributed by atoms with E-state index >= 15 is 0 Å². The summed E-state index contributed by atoms with van der Waals surface area (Å²) in [7, 11) is 1.50. The summed E-state index contributed by atoms with van der Waals surface area (Å²) in [5.41, 5.74) is 5.96. The largest absolute Gasteiger partial charge is 0.493 e. The van der Waals surface area contributed by atoms with Crippen LogP contribution in [0.5, 0.6) is 11.5 Å². The van der Waals surface area contributed by atoms with Crippen molar-refractivity contribution in [1.82, 2.24) is 5.32 Å². The molecule has 1 aromatic rings. The molecule has 3 N–H and O–H groups in total. The molecule has 0 aromatic heterocycles. The Balaban J connectivity index is 2.78. The van der Waals surface area contributed by atoms with Gasteiger partial charge in [-0.15, -0.1) is 12.3 Å². The zero-order valence-corrected chi connectivity index (χ0v) is 12.0. The van der Waals surface area contributed by atoms with Gasteiger partial charge in [0.1, 0.15) is 0 Å². The van der Waals surface area contributed by atoms with Crippen molar-refractivity contribution < 1.29 is 14.3 Å². The number of rotatable bonds is 8. The fraction of sp³-hybridized carbons (Fsp3) is 0.357. The number of hydrogen-bond donors (Lipinski definition) is 2. The predicted octanol–water partition coefficient (Wildman–Crippen LogP) is 1.33. The van der Waals surface area contributed by atoms with Crippen LogP contribution in [0.15, 0.2) is 12.1 Å². The standard InChI is InChI=1S/C14H17ClN2O3/c1-3-4-5-17-8-10-6-11(15)14(12(7-10)19-2)20-9-13(16)18/h1,6-7,17H,4-5,8-9H2,2H3,(H2,16,18). The third-order valence-electron chi connectivity index (χ3n) is 2.42. The highest BCUT2D eigenvalue weighted by molar-refractivity contribution is 6.32. The highest BCUT2D eigenvalue weighted by atomic mass is 35.5. The molecule has 0 saturated heterocycles. The number of nitrogens with one attached hydrogen (secondary N) is 1. The Morgan fingerprint density at radius 1 is 1.55 bits per heavy atom. The molecule has 5 nitrogen and oxygen atoms in total. The predicted molar refractivity (Wildman–Crippen MR) is 77.9 cm³/mol. The van der Waals surface area contributed by atoms with Gasteiger partial charge in [-0.25, -0.2) is 0 Å². The molecular formula is C14H17ClN2O3. The molecule has 108 valence electrons. The lowest BCUT2D eigenvalue weighted by molar-refractivity contribution is -0.119. The maximum Gasteiger partial charge on any atom is 0.255 e. The molecule has 1 amide bonds. The second-order valence-electron chi connectivity index (χ2n) is 3.99. The van der Waals surface area contributed by atoms with Crippen LogP contribution in [-0.2, 0) is 11.3 Å². The molecule has 0 aliphatic carbocycles. The van der Waals surface area contributed by atoms with Gasteiger partial charge in [-0.2, -0.15) is 0 Å². The van der Waals surface area contributed by atoms with E-state index in [4.69, 9.17) is 33.2 Å². The number of benzene rings is 1. The lowest BCUT2D eigenvalue weighted by Gasteiger charge is -2.13. The Bertz CT molecular complexity index is 512. The number of methoxy groups -OCH3 is 1. The summed E-state index contributed by atoms with van der Waals surface area (Å²) in [6, 6.07) is 3.52. The van der Waals surface area contributed by atoms with E-state index in [0.29, 0.717) is 29.5 Å². The van der Waals surface area contributed by atoms with Crippen LogP contribution < -0.4 is 20.5 Å². The quantitative estimate of drug-likeness (QED) is 0.560. The smallest absolute Gasteiger partial charge is 0.255 e. The van der Waals surface area contributed by atoms with Crippen molar-refractivity contribution in [3.8, 4) is 23.8 Å². The van der Waals surface area contributed by atoms with E-state index in [2.05, 4.69) is 11.2 Å². The second-order valence-corrected chi connectivity index (χ2v) is 4.40. The molecule has 0 bridgehead atoms. The number of carbonyl (C=O) groups excluding carboxylic acids is 1. The van der Waals surface area contributed by atoms with Crippen LogP contribution in [0.3, 0.4) is 0 Å². The first-order valence-corrected chi connectivity index (χ1v) is 6.38. The Labute approximate surface area is 123 Å². The number of hydrogen-bond acceptors (Lipinski definition) is 4. The number of amides is 1. The monoisotopic (exact) mass is 296 g/mol. The van der Waals surface area contributed by atoms with E-state index in [1.54, 1.807) is 12.1 Å². The normalized spacial score (nSPS) is 9.85. The number of terminal acetylenes is 1. The van der Waals surface area contributed by atoms with Crippen LogP contribution in [0.2, 0.25) is 5.02 Å². The van der Waals surface area contributed by atoms with Crippen LogP contribution in [0.25, 0.3) is 0 Å². The first kappa shape index (κ1) is 16.2. The van der Waals surface area contributed by atoms with E-state index in [1.165, 1.54) is 7.11 Å². The molecule has 1 rings (SSSR count). The van der Waals surface area contributed by atoms with Crippen LogP contribution in [0.4, 0.5) is 0 Å². The molecule has 0 saturated carbocycles. The van der Waals surface area contributed by atoms with Gasteiger partial charge in [0.25, 0.3) is 5.91 Å². The third-order valence-corrected chi connectivity index (χ3v) is 2.70. The summed E-state index contributed by atoms with van der Waals surface area (Å²) >= 11 is 6.12. The fourth-order valence-corrected chi connectivity index (χ4v) is 1.84. The Hall–Kier alpha value is -1.90. The van der Waals surface area contributed by atoms with E-state index in [9.17, 15) is 4.79 Å². The zero-order valence-electron chi connectivity index (χ0n) is 11.2. The number of primary amides is 1. The molecule has 0 radical (unpaired) electrons. The van der Waals surface area contributed by atoms with E-state index in [1.807, 2.05) is 0 Å². The van der Waals surface area contributed by atoms with E-state index in [0.717, 1.165) is 12.1 Å². The Morgan fingerprint density at radius 3 is 2.90 bits per heavy atom. The molecule has 0 fully saturated rings. The average molecular weight is 297 g/mol. The second kappa shape index (κ2) is 8.31. The van der Waals surface area contributed by atoms with Crippen molar-refractivity contribution in [2.24, 2.45) is 5.73 Å². The maximum atomic E-state index is 10.7. The van der Waals surface area contributed by atoms with Gasteiger partial charge in [0, 0.05) is 19.5 Å². The van der Waals surface area contributed by atoms with Gasteiger partial charge in [0.05, 0.1) is 12.1 Å². The molecule has 0 unspecified atom stereocenters. The summed E-state index contributed by atoms with van der Waals surface area (Å²) in [5.74, 6) is 2.72. The molecule has 0 spiro atoms. The fourth-order valence-electron chi connectivity index (χ4n) is 1.55. The van der Waals surface area contributed by atoms with Gasteiger partial charge >= 0.3 is 0 Å². The number of carbonyl (C=O) groups is 1. The molecule has 6 heteroatoms. The summed E-state index contributed by atoms with van der Waals surface area (Å²) < 4.78 is 10.4. The lowest BCUT2D eigenvalue weighted by atomic mass is 10.2. The SMILES string of the molecule is C#CCCNCc1cc(Cl)c(OCC(N)=O)c(OC)c1. The summed E-state index contributed by atoms with van der Waals surface area (Å²) in [6.45, 7) is 1.07. The van der Waals surface area contributed by atoms with Crippen molar-refractivity contribution in [1.29, 1.82) is 0 Å². The minimum atomic E-state index is -0.580. The van der Waals surface area contributed by atoms with E-state index < -0.39 is 5.91 Å². The third kappa shape index (κ3) is 5.00. The van der Waals surface area contributed by atoms with Gasteiger partial charge in [-0.3, -0.25) is 4.79 Å². The van der Waals surface area contributed by atoms with Crippen molar-refractivity contribution in [2.75, 3.05) is 20.3 Å². The first-order chi connectivity index (χ1) is 9.58. The first-order valence-electron chi connectivity index (χ1n) is 6.00. The minimum Gasteiger partial charge on any atom is -0.493 e. The number of halogens is 1. The van der Waals surface area contributed by atoms with Crippen LogP contribution >= 0.6 is 11.6 Å². The molecule has 0 aliphatic heterocycles. The van der Waals surface area contributed by atoms with E-state index in [-0.39, 0.29) is 6.61 Å². The molecule has 0 heterocycles. The summed E-state index contributed by atoms with van der Waals surface area (Å²) in [4.78, 5) is 10.7. The van der Waals surface area contributed by atoms with Crippen LogP contribution in [-0.4, -0.2) is 26.2 Å². The van der Waals surface area contributed by atoms with Crippen molar-refractivity contribution in [2.45, 2.75) is 13.0 Å². The topological polar surface area (TPSA) is 73.6 Å². The average Bonchev–Trinajstić information content (AvgIpc) is 2.41. The van der Waals surface area contributed by atoms with Crippen LogP contribution in [0.1, 0.15) is 12.0 Å². The highest BCUT2D eigenvalue weighted by Crippen LogP contribution is 2.36. The number of ether oxygens (including phenoxy) is 2. The van der Waals surface area contributed by atoms with Gasteiger partial charge in [0.15, 0.2) is 18.1 Å². The van der Waals surface area contributed by atoms with Crippen molar-refractivity contribution in [3.05, 3.63) is 22.7 Å². The summed E-state index contributed by atoms with van der Waals surface area (Å²) in [5, 5.41) is 3.54. The number of nitrogens with two attached hydrogens (primary N) is 1. The lowest BCUT2D eigenvalue weighted by Crippen LogP contribution is -2.20. The van der Waals surface area contributed by atoms with Gasteiger partial charge in [-0.1, -0.05) is 11.6 Å². The zero-order chi connectivity index (χ0) is 15.0. The Kier molecular flexibility index (Phi) is 6.71. The van der Waals surface area contributed by atoms with Crippen molar-refractivity contribution in [3.63, 3.8) is 0 Å². The molecule has 0 atom stereocenters. The van der Waals surface area contributed by atoms with Gasteiger partial charge in [-0.05, 0) is 17.7 Å². The molecular weight excluding hydrogens is 280 g/mol. The van der Waals surface area contributed by atoms with Gasteiger partial charge < -0.3 is 20.5 Å².